The highest BCUT2D eigenvalue weighted by Crippen LogP contribution is 2.38. The van der Waals surface area contributed by atoms with Crippen molar-refractivity contribution in [2.75, 3.05) is 19.7 Å². The second-order valence-electron chi connectivity index (χ2n) is 4.67. The Morgan fingerprint density at radius 1 is 1.43 bits per heavy atom. The summed E-state index contributed by atoms with van der Waals surface area (Å²) in [5.74, 6) is -0.138. The van der Waals surface area contributed by atoms with Gasteiger partial charge in [-0.15, -0.1) is 0 Å². The fraction of sp³-hybridized carbons (Fsp3) is 0.455. The van der Waals surface area contributed by atoms with Crippen LogP contribution in [0.2, 0.25) is 10.0 Å². The number of benzene rings is 1. The van der Waals surface area contributed by atoms with Crippen molar-refractivity contribution in [3.8, 4) is 0 Å². The zero-order valence-corrected chi connectivity index (χ0v) is 13.0. The van der Waals surface area contributed by atoms with Crippen molar-refractivity contribution in [2.45, 2.75) is 11.3 Å². The number of hydrogen-bond acceptors (Lipinski definition) is 5. The second kappa shape index (κ2) is 6.05. The fourth-order valence-electron chi connectivity index (χ4n) is 2.19. The van der Waals surface area contributed by atoms with Gasteiger partial charge in [0.15, 0.2) is 0 Å². The van der Waals surface area contributed by atoms with E-state index in [1.807, 2.05) is 0 Å². The fourth-order valence-corrected chi connectivity index (χ4v) is 4.59. The first-order chi connectivity index (χ1) is 9.78. The Labute approximate surface area is 131 Å². The quantitative estimate of drug-likeness (QED) is 0.657. The van der Waals surface area contributed by atoms with Crippen molar-refractivity contribution >= 4 is 38.9 Å². The first-order valence-corrected chi connectivity index (χ1v) is 8.22. The molecular formula is C11H12Cl2N2O5S. The summed E-state index contributed by atoms with van der Waals surface area (Å²) in [5, 5.41) is 19.3. The van der Waals surface area contributed by atoms with Crippen LogP contribution in [0.4, 0.5) is 5.69 Å². The van der Waals surface area contributed by atoms with Gasteiger partial charge >= 0.3 is 5.69 Å². The molecule has 10 heteroatoms. The SMILES string of the molecule is O=[N+]([O-])c1c(Cl)ccc(S(=O)(=O)N2CCC(CO)C2)c1Cl. The van der Waals surface area contributed by atoms with Gasteiger partial charge in [0.1, 0.15) is 14.9 Å². The Hall–Kier alpha value is -0.930. The summed E-state index contributed by atoms with van der Waals surface area (Å²) in [7, 11) is -3.96. The largest absolute Gasteiger partial charge is 0.396 e. The molecule has 0 radical (unpaired) electrons. The molecule has 2 rings (SSSR count). The van der Waals surface area contributed by atoms with Crippen LogP contribution in [-0.2, 0) is 10.0 Å². The lowest BCUT2D eigenvalue weighted by Crippen LogP contribution is -2.29. The minimum absolute atomic E-state index is 0.111. The first kappa shape index (κ1) is 16.4. The number of nitro benzene ring substituents is 1. The van der Waals surface area contributed by atoms with Gasteiger partial charge in [-0.25, -0.2) is 8.42 Å². The number of aliphatic hydroxyl groups excluding tert-OH is 1. The number of halogens is 2. The van der Waals surface area contributed by atoms with E-state index in [0.717, 1.165) is 16.4 Å². The van der Waals surface area contributed by atoms with Gasteiger partial charge in [-0.05, 0) is 24.5 Å². The number of rotatable bonds is 4. The van der Waals surface area contributed by atoms with Gasteiger partial charge in [-0.3, -0.25) is 10.1 Å². The Bertz CT molecular complexity index is 679. The highest BCUT2D eigenvalue weighted by molar-refractivity contribution is 7.89. The zero-order chi connectivity index (χ0) is 15.8. The smallest absolute Gasteiger partial charge is 0.307 e. The lowest BCUT2D eigenvalue weighted by Gasteiger charge is -2.17. The molecule has 1 aromatic rings. The normalized spacial score (nSPS) is 19.9. The summed E-state index contributed by atoms with van der Waals surface area (Å²) in [4.78, 5) is 9.77. The van der Waals surface area contributed by atoms with Crippen molar-refractivity contribution in [1.82, 2.24) is 4.31 Å². The van der Waals surface area contributed by atoms with E-state index in [-0.39, 0.29) is 35.5 Å². The van der Waals surface area contributed by atoms with Crippen LogP contribution >= 0.6 is 23.2 Å². The number of sulfonamides is 1. The number of nitrogens with zero attached hydrogens (tertiary/aromatic N) is 2. The molecule has 0 spiro atoms. The van der Waals surface area contributed by atoms with Crippen LogP contribution < -0.4 is 0 Å². The summed E-state index contributed by atoms with van der Waals surface area (Å²) >= 11 is 11.5. The Morgan fingerprint density at radius 3 is 2.62 bits per heavy atom. The van der Waals surface area contributed by atoms with E-state index in [9.17, 15) is 18.5 Å². The molecule has 7 nitrogen and oxygen atoms in total. The number of nitro groups is 1. The molecule has 0 saturated carbocycles. The van der Waals surface area contributed by atoms with Crippen LogP contribution in [-0.4, -0.2) is 42.4 Å². The molecule has 1 unspecified atom stereocenters. The summed E-state index contributed by atoms with van der Waals surface area (Å²) < 4.78 is 26.2. The molecule has 0 aromatic heterocycles. The Balaban J connectivity index is 2.47. The maximum atomic E-state index is 12.5. The highest BCUT2D eigenvalue weighted by Gasteiger charge is 2.36. The van der Waals surface area contributed by atoms with E-state index in [1.54, 1.807) is 0 Å². The minimum Gasteiger partial charge on any atom is -0.396 e. The van der Waals surface area contributed by atoms with Crippen LogP contribution in [0.3, 0.4) is 0 Å². The molecule has 1 saturated heterocycles. The maximum absolute atomic E-state index is 12.5. The van der Waals surface area contributed by atoms with E-state index < -0.39 is 25.7 Å². The Morgan fingerprint density at radius 2 is 2.10 bits per heavy atom. The van der Waals surface area contributed by atoms with Crippen LogP contribution in [0.5, 0.6) is 0 Å². The molecule has 1 aliphatic heterocycles. The average Bonchev–Trinajstić information content (AvgIpc) is 2.87. The minimum atomic E-state index is -3.96. The Kier molecular flexibility index (Phi) is 4.74. The molecule has 1 aliphatic rings. The summed E-state index contributed by atoms with van der Waals surface area (Å²) in [6.45, 7) is 0.284. The van der Waals surface area contributed by atoms with Crippen molar-refractivity contribution in [1.29, 1.82) is 0 Å². The molecule has 1 N–H and O–H groups in total. The number of hydrogen-bond donors (Lipinski definition) is 1. The van der Waals surface area contributed by atoms with Gasteiger partial charge < -0.3 is 5.11 Å². The van der Waals surface area contributed by atoms with Gasteiger partial charge in [-0.2, -0.15) is 4.31 Å². The predicted octanol–water partition coefficient (Wildman–Crippen LogP) is 1.90. The van der Waals surface area contributed by atoms with E-state index in [2.05, 4.69) is 0 Å². The van der Waals surface area contributed by atoms with Gasteiger partial charge in [0, 0.05) is 19.7 Å². The van der Waals surface area contributed by atoms with Gasteiger partial charge in [0.25, 0.3) is 0 Å². The zero-order valence-electron chi connectivity index (χ0n) is 10.7. The lowest BCUT2D eigenvalue weighted by molar-refractivity contribution is -0.384. The third-order valence-electron chi connectivity index (χ3n) is 3.34. The van der Waals surface area contributed by atoms with E-state index in [0.29, 0.717) is 6.42 Å². The molecule has 116 valence electrons. The third kappa shape index (κ3) is 3.00. The van der Waals surface area contributed by atoms with Gasteiger partial charge in [0.05, 0.1) is 4.92 Å². The van der Waals surface area contributed by atoms with Crippen molar-refractivity contribution < 1.29 is 18.4 Å². The number of aliphatic hydroxyl groups is 1. The van der Waals surface area contributed by atoms with Crippen LogP contribution in [0.1, 0.15) is 6.42 Å². The van der Waals surface area contributed by atoms with E-state index in [4.69, 9.17) is 28.3 Å². The standard InChI is InChI=1S/C11H12Cl2N2O5S/c12-8-1-2-9(10(13)11(8)15(17)18)21(19,20)14-4-3-7(5-14)6-16/h1-2,7,16H,3-6H2. The van der Waals surface area contributed by atoms with Crippen LogP contribution in [0.25, 0.3) is 0 Å². The maximum Gasteiger partial charge on any atom is 0.307 e. The molecular weight excluding hydrogens is 343 g/mol. The van der Waals surface area contributed by atoms with Crippen LogP contribution in [0.15, 0.2) is 17.0 Å². The molecule has 1 atom stereocenters. The van der Waals surface area contributed by atoms with E-state index >= 15 is 0 Å². The average molecular weight is 355 g/mol. The second-order valence-corrected chi connectivity index (χ2v) is 7.36. The van der Waals surface area contributed by atoms with E-state index in [1.165, 1.54) is 0 Å². The predicted molar refractivity (Wildman–Crippen MR) is 77.1 cm³/mol. The lowest BCUT2D eigenvalue weighted by atomic mass is 10.1. The van der Waals surface area contributed by atoms with Gasteiger partial charge in [-0.1, -0.05) is 23.2 Å². The molecule has 1 fully saturated rings. The van der Waals surface area contributed by atoms with Crippen molar-refractivity contribution in [3.05, 3.63) is 32.3 Å². The molecule has 1 heterocycles. The first-order valence-electron chi connectivity index (χ1n) is 6.02. The molecule has 0 amide bonds. The topological polar surface area (TPSA) is 101 Å². The summed E-state index contributed by atoms with van der Waals surface area (Å²) in [5.41, 5.74) is -0.627. The molecule has 21 heavy (non-hydrogen) atoms. The van der Waals surface area contributed by atoms with Crippen molar-refractivity contribution in [3.63, 3.8) is 0 Å². The molecule has 1 aromatic carbocycles. The third-order valence-corrected chi connectivity index (χ3v) is 6.05. The van der Waals surface area contributed by atoms with Crippen molar-refractivity contribution in [2.24, 2.45) is 5.92 Å². The van der Waals surface area contributed by atoms with Crippen LogP contribution in [0, 0.1) is 16.0 Å². The molecule has 0 bridgehead atoms. The van der Waals surface area contributed by atoms with Gasteiger partial charge in [0.2, 0.25) is 10.0 Å². The monoisotopic (exact) mass is 354 g/mol. The summed E-state index contributed by atoms with van der Waals surface area (Å²) in [6, 6.07) is 2.29. The highest BCUT2D eigenvalue weighted by atomic mass is 35.5. The summed E-state index contributed by atoms with van der Waals surface area (Å²) in [6.07, 6.45) is 0.531. The molecule has 0 aliphatic carbocycles.